The van der Waals surface area contributed by atoms with Crippen LogP contribution < -0.4 is 4.74 Å². The molecule has 70 valence electrons. The van der Waals surface area contributed by atoms with Gasteiger partial charge in [0, 0.05) is 17.8 Å². The van der Waals surface area contributed by atoms with Gasteiger partial charge in [0.05, 0.1) is 0 Å². The van der Waals surface area contributed by atoms with Crippen LogP contribution in [-0.4, -0.2) is 17.4 Å². The van der Waals surface area contributed by atoms with Crippen LogP contribution >= 0.6 is 0 Å². The molecule has 0 aliphatic carbocycles. The molecule has 1 aromatic heterocycles. The molecular formula is C8H7F2NO2. The van der Waals surface area contributed by atoms with Crippen molar-refractivity contribution in [3.63, 3.8) is 0 Å². The largest absolute Gasteiger partial charge is 0.417 e. The fourth-order valence-electron chi connectivity index (χ4n) is 0.750. The second kappa shape index (κ2) is 3.93. The molecule has 0 aliphatic rings. The quantitative estimate of drug-likeness (QED) is 0.678. The number of hydrogen-bond acceptors (Lipinski definition) is 3. The van der Waals surface area contributed by atoms with Crippen LogP contribution in [0.15, 0.2) is 18.3 Å². The first-order chi connectivity index (χ1) is 6.09. The van der Waals surface area contributed by atoms with Crippen molar-refractivity contribution in [2.24, 2.45) is 0 Å². The average molecular weight is 187 g/mol. The van der Waals surface area contributed by atoms with E-state index in [-0.39, 0.29) is 11.7 Å². The van der Waals surface area contributed by atoms with Gasteiger partial charge in [-0.05, 0) is 13.0 Å². The van der Waals surface area contributed by atoms with Gasteiger partial charge in [0.2, 0.25) is 5.88 Å². The zero-order valence-corrected chi connectivity index (χ0v) is 6.83. The summed E-state index contributed by atoms with van der Waals surface area (Å²) >= 11 is 0. The monoisotopic (exact) mass is 187 g/mol. The first-order valence-electron chi connectivity index (χ1n) is 3.51. The van der Waals surface area contributed by atoms with Gasteiger partial charge in [-0.25, -0.2) is 4.98 Å². The van der Waals surface area contributed by atoms with E-state index in [4.69, 9.17) is 0 Å². The third kappa shape index (κ3) is 2.77. The number of ether oxygens (including phenoxy) is 1. The standard InChI is InChI=1S/C8H7F2NO2/c1-5(12)6-2-3-7(11-4-6)13-8(9)10/h2-4,8H,1H3. The molecule has 0 atom stereocenters. The molecule has 0 spiro atoms. The third-order valence-electron chi connectivity index (χ3n) is 1.35. The van der Waals surface area contributed by atoms with Crippen molar-refractivity contribution in [3.05, 3.63) is 23.9 Å². The second-order valence-corrected chi connectivity index (χ2v) is 2.32. The van der Waals surface area contributed by atoms with Gasteiger partial charge in [-0.2, -0.15) is 8.78 Å². The molecule has 1 rings (SSSR count). The Morgan fingerprint density at radius 1 is 1.54 bits per heavy atom. The van der Waals surface area contributed by atoms with Gasteiger partial charge in [0.25, 0.3) is 0 Å². The molecule has 0 fully saturated rings. The zero-order chi connectivity index (χ0) is 9.84. The average Bonchev–Trinajstić information content (AvgIpc) is 2.04. The number of pyridine rings is 1. The van der Waals surface area contributed by atoms with E-state index in [0.717, 1.165) is 0 Å². The van der Waals surface area contributed by atoms with Gasteiger partial charge in [-0.15, -0.1) is 0 Å². The smallest absolute Gasteiger partial charge is 0.388 e. The lowest BCUT2D eigenvalue weighted by Gasteiger charge is -2.02. The van der Waals surface area contributed by atoms with Crippen molar-refractivity contribution in [3.8, 4) is 5.88 Å². The summed E-state index contributed by atoms with van der Waals surface area (Å²) in [6, 6.07) is 2.61. The molecule has 0 saturated carbocycles. The van der Waals surface area contributed by atoms with Crippen LogP contribution in [0.3, 0.4) is 0 Å². The Hall–Kier alpha value is -1.52. The van der Waals surface area contributed by atoms with Gasteiger partial charge in [0.15, 0.2) is 5.78 Å². The minimum absolute atomic E-state index is 0.170. The number of halogens is 2. The SMILES string of the molecule is CC(=O)c1ccc(OC(F)F)nc1. The Labute approximate surface area is 73.4 Å². The number of rotatable bonds is 3. The van der Waals surface area contributed by atoms with Crippen molar-refractivity contribution in [2.75, 3.05) is 0 Å². The lowest BCUT2D eigenvalue weighted by Crippen LogP contribution is -2.04. The summed E-state index contributed by atoms with van der Waals surface area (Å²) in [4.78, 5) is 14.3. The number of hydrogen-bond donors (Lipinski definition) is 0. The van der Waals surface area contributed by atoms with Crippen LogP contribution in [0.2, 0.25) is 0 Å². The van der Waals surface area contributed by atoms with Crippen LogP contribution in [0.1, 0.15) is 17.3 Å². The molecule has 0 amide bonds. The van der Waals surface area contributed by atoms with Gasteiger partial charge < -0.3 is 4.74 Å². The number of ketones is 1. The maximum Gasteiger partial charge on any atom is 0.388 e. The molecule has 5 heteroatoms. The van der Waals surface area contributed by atoms with E-state index < -0.39 is 6.61 Å². The molecule has 0 saturated heterocycles. The summed E-state index contributed by atoms with van der Waals surface area (Å²) in [5.41, 5.74) is 0.363. The second-order valence-electron chi connectivity index (χ2n) is 2.32. The Morgan fingerprint density at radius 2 is 2.23 bits per heavy atom. The van der Waals surface area contributed by atoms with Gasteiger partial charge in [-0.3, -0.25) is 4.79 Å². The summed E-state index contributed by atoms with van der Waals surface area (Å²) in [5.74, 6) is -0.365. The predicted molar refractivity (Wildman–Crippen MR) is 40.9 cm³/mol. The minimum atomic E-state index is -2.89. The molecule has 13 heavy (non-hydrogen) atoms. The van der Waals surface area contributed by atoms with Gasteiger partial charge in [0.1, 0.15) is 0 Å². The van der Waals surface area contributed by atoms with Gasteiger partial charge in [-0.1, -0.05) is 0 Å². The Kier molecular flexibility index (Phi) is 2.89. The highest BCUT2D eigenvalue weighted by atomic mass is 19.3. The van der Waals surface area contributed by atoms with Crippen LogP contribution in [0.25, 0.3) is 0 Å². The molecule has 0 bridgehead atoms. The fraction of sp³-hybridized carbons (Fsp3) is 0.250. The summed E-state index contributed by atoms with van der Waals surface area (Å²) in [6.07, 6.45) is 1.19. The van der Waals surface area contributed by atoms with Crippen LogP contribution in [0.5, 0.6) is 5.88 Å². The predicted octanol–water partition coefficient (Wildman–Crippen LogP) is 1.89. The van der Waals surface area contributed by atoms with E-state index >= 15 is 0 Å². The summed E-state index contributed by atoms with van der Waals surface area (Å²) in [5, 5.41) is 0. The third-order valence-corrected chi connectivity index (χ3v) is 1.35. The number of nitrogens with zero attached hydrogens (tertiary/aromatic N) is 1. The van der Waals surface area contributed by atoms with Crippen molar-refractivity contribution in [1.29, 1.82) is 0 Å². The molecule has 3 nitrogen and oxygen atoms in total. The normalized spacial score (nSPS) is 10.2. The molecular weight excluding hydrogens is 180 g/mol. The van der Waals surface area contributed by atoms with E-state index in [0.29, 0.717) is 5.56 Å². The fourth-order valence-corrected chi connectivity index (χ4v) is 0.750. The molecule has 0 N–H and O–H groups in total. The first-order valence-corrected chi connectivity index (χ1v) is 3.51. The molecule has 0 unspecified atom stereocenters. The maximum absolute atomic E-state index is 11.7. The van der Waals surface area contributed by atoms with E-state index in [1.165, 1.54) is 25.3 Å². The number of carbonyl (C=O) groups is 1. The number of aromatic nitrogens is 1. The highest BCUT2D eigenvalue weighted by molar-refractivity contribution is 5.93. The van der Waals surface area contributed by atoms with E-state index in [1.807, 2.05) is 0 Å². The summed E-state index contributed by atoms with van der Waals surface area (Å²) in [7, 11) is 0. The topological polar surface area (TPSA) is 39.2 Å². The summed E-state index contributed by atoms with van der Waals surface area (Å²) < 4.78 is 27.3. The minimum Gasteiger partial charge on any atom is -0.417 e. The van der Waals surface area contributed by atoms with Crippen LogP contribution in [-0.2, 0) is 0 Å². The number of carbonyl (C=O) groups excluding carboxylic acids is 1. The van der Waals surface area contributed by atoms with Crippen molar-refractivity contribution in [2.45, 2.75) is 13.5 Å². The molecule has 1 heterocycles. The lowest BCUT2D eigenvalue weighted by atomic mass is 10.2. The van der Waals surface area contributed by atoms with Crippen molar-refractivity contribution < 1.29 is 18.3 Å². The Morgan fingerprint density at radius 3 is 2.62 bits per heavy atom. The Balaban J connectivity index is 2.75. The molecule has 0 aromatic carbocycles. The maximum atomic E-state index is 11.7. The van der Waals surface area contributed by atoms with E-state index in [1.54, 1.807) is 0 Å². The van der Waals surface area contributed by atoms with Crippen molar-refractivity contribution >= 4 is 5.78 Å². The van der Waals surface area contributed by atoms with Crippen LogP contribution in [0, 0.1) is 0 Å². The number of Topliss-reactive ketones (excluding diaryl/α,β-unsaturated/α-hetero) is 1. The van der Waals surface area contributed by atoms with E-state index in [9.17, 15) is 13.6 Å². The van der Waals surface area contributed by atoms with Crippen LogP contribution in [0.4, 0.5) is 8.78 Å². The molecule has 1 aromatic rings. The molecule has 0 aliphatic heterocycles. The molecule has 0 radical (unpaired) electrons. The highest BCUT2D eigenvalue weighted by Gasteiger charge is 2.05. The van der Waals surface area contributed by atoms with E-state index in [2.05, 4.69) is 9.72 Å². The van der Waals surface area contributed by atoms with Gasteiger partial charge >= 0.3 is 6.61 Å². The Bertz CT molecular complexity index is 298. The first kappa shape index (κ1) is 9.57. The number of alkyl halides is 2. The summed E-state index contributed by atoms with van der Waals surface area (Å²) in [6.45, 7) is -1.53. The van der Waals surface area contributed by atoms with Crippen molar-refractivity contribution in [1.82, 2.24) is 4.98 Å². The zero-order valence-electron chi connectivity index (χ0n) is 6.83. The highest BCUT2D eigenvalue weighted by Crippen LogP contribution is 2.10. The lowest BCUT2D eigenvalue weighted by molar-refractivity contribution is -0.0528.